The summed E-state index contributed by atoms with van der Waals surface area (Å²) >= 11 is 0. The maximum atomic E-state index is 12.2. The van der Waals surface area contributed by atoms with Gasteiger partial charge < -0.3 is 20.5 Å². The van der Waals surface area contributed by atoms with Crippen molar-refractivity contribution >= 4 is 23.4 Å². The lowest BCUT2D eigenvalue weighted by Crippen LogP contribution is -2.55. The number of hydrogen-bond acceptors (Lipinski definition) is 6. The standard InChI is InChI=1S/C18H24N4O6/c1-28-16-5-4-12(8-15(16)22(26)27)19-18(25)20-13-6-14(7-13)21(10-17(23)24)9-11-2-3-11/h4-5,8,11,13-14H,2-3,6-7,9-10H2,1H3,(H,23,24)(H2,19,20,25). The number of nitrogens with one attached hydrogen (secondary N) is 2. The normalized spacial score (nSPS) is 20.9. The van der Waals surface area contributed by atoms with Gasteiger partial charge in [-0.25, -0.2) is 4.79 Å². The molecule has 0 unspecified atom stereocenters. The van der Waals surface area contributed by atoms with Gasteiger partial charge in [0, 0.05) is 30.4 Å². The highest BCUT2D eigenvalue weighted by atomic mass is 16.6. The van der Waals surface area contributed by atoms with E-state index in [0.29, 0.717) is 24.4 Å². The SMILES string of the molecule is COc1ccc(NC(=O)NC2CC(N(CC(=O)O)CC3CC3)C2)cc1[N+](=O)[O-]. The van der Waals surface area contributed by atoms with Gasteiger partial charge in [0.05, 0.1) is 18.6 Å². The first-order valence-corrected chi connectivity index (χ1v) is 9.21. The number of carbonyl (C=O) groups excluding carboxylic acids is 1. The van der Waals surface area contributed by atoms with Crippen LogP contribution in [0.15, 0.2) is 18.2 Å². The molecule has 0 saturated heterocycles. The van der Waals surface area contributed by atoms with Gasteiger partial charge in [-0.1, -0.05) is 0 Å². The molecule has 3 rings (SSSR count). The summed E-state index contributed by atoms with van der Waals surface area (Å²) in [5, 5.41) is 25.6. The Bertz CT molecular complexity index is 760. The molecule has 28 heavy (non-hydrogen) atoms. The van der Waals surface area contributed by atoms with Gasteiger partial charge >= 0.3 is 17.7 Å². The first kappa shape index (κ1) is 19.9. The summed E-state index contributed by atoms with van der Waals surface area (Å²) in [7, 11) is 1.34. The lowest BCUT2D eigenvalue weighted by molar-refractivity contribution is -0.385. The molecule has 10 nitrogen and oxygen atoms in total. The Morgan fingerprint density at radius 1 is 1.36 bits per heavy atom. The van der Waals surface area contributed by atoms with Crippen LogP contribution in [0, 0.1) is 16.0 Å². The number of aliphatic carboxylic acids is 1. The fraction of sp³-hybridized carbons (Fsp3) is 0.556. The number of amides is 2. The highest BCUT2D eigenvalue weighted by Crippen LogP contribution is 2.34. The van der Waals surface area contributed by atoms with Crippen LogP contribution in [0.3, 0.4) is 0 Å². The van der Waals surface area contributed by atoms with Gasteiger partial charge in [0.1, 0.15) is 0 Å². The number of nitrogens with zero attached hydrogens (tertiary/aromatic N) is 2. The number of carboxylic acids is 1. The average Bonchev–Trinajstić information content (AvgIpc) is 3.40. The van der Waals surface area contributed by atoms with Gasteiger partial charge in [-0.2, -0.15) is 0 Å². The molecule has 2 amide bonds. The van der Waals surface area contributed by atoms with E-state index in [1.54, 1.807) is 0 Å². The number of hydrogen-bond donors (Lipinski definition) is 3. The van der Waals surface area contributed by atoms with Gasteiger partial charge in [0.2, 0.25) is 0 Å². The number of carbonyl (C=O) groups is 2. The Kier molecular flexibility index (Phi) is 5.98. The molecular formula is C18H24N4O6. The van der Waals surface area contributed by atoms with Gasteiger partial charge in [0.15, 0.2) is 5.75 Å². The van der Waals surface area contributed by atoms with Crippen LogP contribution in [0.2, 0.25) is 0 Å². The quantitative estimate of drug-likeness (QED) is 0.432. The van der Waals surface area contributed by atoms with Crippen LogP contribution >= 0.6 is 0 Å². The van der Waals surface area contributed by atoms with E-state index in [9.17, 15) is 19.7 Å². The van der Waals surface area contributed by atoms with Gasteiger partial charge in [-0.15, -0.1) is 0 Å². The summed E-state index contributed by atoms with van der Waals surface area (Å²) < 4.78 is 4.93. The lowest BCUT2D eigenvalue weighted by atomic mass is 9.85. The van der Waals surface area contributed by atoms with Crippen LogP contribution in [0.25, 0.3) is 0 Å². The Morgan fingerprint density at radius 2 is 2.07 bits per heavy atom. The van der Waals surface area contributed by atoms with E-state index in [1.165, 1.54) is 25.3 Å². The minimum Gasteiger partial charge on any atom is -0.490 e. The van der Waals surface area contributed by atoms with Crippen molar-refractivity contribution < 1.29 is 24.4 Å². The van der Waals surface area contributed by atoms with E-state index in [1.807, 2.05) is 4.90 Å². The molecule has 152 valence electrons. The molecule has 1 aromatic carbocycles. The van der Waals surface area contributed by atoms with Crippen LogP contribution in [-0.4, -0.2) is 59.2 Å². The van der Waals surface area contributed by atoms with Crippen LogP contribution in [0.1, 0.15) is 25.7 Å². The van der Waals surface area contributed by atoms with Crippen molar-refractivity contribution in [1.82, 2.24) is 10.2 Å². The minimum absolute atomic E-state index is 0.0234. The van der Waals surface area contributed by atoms with Crippen LogP contribution in [0.4, 0.5) is 16.2 Å². The molecular weight excluding hydrogens is 368 g/mol. The zero-order valence-electron chi connectivity index (χ0n) is 15.6. The molecule has 0 atom stereocenters. The smallest absolute Gasteiger partial charge is 0.319 e. The van der Waals surface area contributed by atoms with Gasteiger partial charge in [-0.3, -0.25) is 19.8 Å². The number of carboxylic acid groups (broad SMARTS) is 1. The molecule has 0 bridgehead atoms. The molecule has 3 N–H and O–H groups in total. The van der Waals surface area contributed by atoms with E-state index in [-0.39, 0.29) is 30.1 Å². The molecule has 0 spiro atoms. The Hall–Kier alpha value is -2.88. The van der Waals surface area contributed by atoms with Crippen molar-refractivity contribution in [2.45, 2.75) is 37.8 Å². The molecule has 2 saturated carbocycles. The van der Waals surface area contributed by atoms with Gasteiger partial charge in [-0.05, 0) is 43.7 Å². The maximum Gasteiger partial charge on any atom is 0.319 e. The summed E-state index contributed by atoms with van der Waals surface area (Å²) in [6, 6.07) is 3.85. The largest absolute Gasteiger partial charge is 0.490 e. The Labute approximate surface area is 162 Å². The summed E-state index contributed by atoms with van der Waals surface area (Å²) in [5.41, 5.74) is 0.0653. The molecule has 0 radical (unpaired) electrons. The zero-order chi connectivity index (χ0) is 20.3. The molecule has 0 aliphatic heterocycles. The van der Waals surface area contributed by atoms with Crippen LogP contribution in [-0.2, 0) is 4.79 Å². The third kappa shape index (κ3) is 5.10. The molecule has 2 fully saturated rings. The molecule has 0 aromatic heterocycles. The number of nitro benzene ring substituents is 1. The Balaban J connectivity index is 1.49. The van der Waals surface area contributed by atoms with E-state index in [4.69, 9.17) is 9.84 Å². The van der Waals surface area contributed by atoms with E-state index < -0.39 is 16.9 Å². The molecule has 1 aromatic rings. The molecule has 10 heteroatoms. The van der Waals surface area contributed by atoms with Crippen molar-refractivity contribution in [2.24, 2.45) is 5.92 Å². The number of urea groups is 1. The first-order chi connectivity index (χ1) is 13.4. The maximum absolute atomic E-state index is 12.2. The monoisotopic (exact) mass is 392 g/mol. The average molecular weight is 392 g/mol. The highest BCUT2D eigenvalue weighted by molar-refractivity contribution is 5.90. The summed E-state index contributed by atoms with van der Waals surface area (Å²) in [6.07, 6.45) is 3.69. The summed E-state index contributed by atoms with van der Waals surface area (Å²) in [4.78, 5) is 35.7. The van der Waals surface area contributed by atoms with Crippen molar-refractivity contribution in [2.75, 3.05) is 25.5 Å². The lowest BCUT2D eigenvalue weighted by Gasteiger charge is -2.42. The summed E-state index contributed by atoms with van der Waals surface area (Å²) in [5.74, 6) is -0.122. The fourth-order valence-corrected chi connectivity index (χ4v) is 3.42. The molecule has 2 aliphatic rings. The number of anilines is 1. The third-order valence-electron chi connectivity index (χ3n) is 5.13. The molecule has 2 aliphatic carbocycles. The van der Waals surface area contributed by atoms with E-state index in [2.05, 4.69) is 10.6 Å². The first-order valence-electron chi connectivity index (χ1n) is 9.21. The third-order valence-corrected chi connectivity index (χ3v) is 5.13. The van der Waals surface area contributed by atoms with E-state index in [0.717, 1.165) is 19.4 Å². The van der Waals surface area contributed by atoms with Gasteiger partial charge in [0.25, 0.3) is 0 Å². The minimum atomic E-state index is -0.837. The van der Waals surface area contributed by atoms with Crippen molar-refractivity contribution in [3.8, 4) is 5.75 Å². The number of ether oxygens (including phenoxy) is 1. The highest BCUT2D eigenvalue weighted by Gasteiger charge is 2.37. The zero-order valence-corrected chi connectivity index (χ0v) is 15.6. The number of rotatable bonds is 9. The van der Waals surface area contributed by atoms with Crippen molar-refractivity contribution in [1.29, 1.82) is 0 Å². The predicted octanol–water partition coefficient (Wildman–Crippen LogP) is 2.05. The second-order valence-electron chi connectivity index (χ2n) is 7.33. The number of methoxy groups -OCH3 is 1. The number of benzene rings is 1. The summed E-state index contributed by atoms with van der Waals surface area (Å²) in [6.45, 7) is 0.820. The second kappa shape index (κ2) is 8.42. The predicted molar refractivity (Wildman–Crippen MR) is 101 cm³/mol. The van der Waals surface area contributed by atoms with Crippen LogP contribution < -0.4 is 15.4 Å². The molecule has 0 heterocycles. The Morgan fingerprint density at radius 3 is 2.64 bits per heavy atom. The number of nitro groups is 1. The van der Waals surface area contributed by atoms with Crippen LogP contribution in [0.5, 0.6) is 5.75 Å². The van der Waals surface area contributed by atoms with Crippen molar-refractivity contribution in [3.05, 3.63) is 28.3 Å². The second-order valence-corrected chi connectivity index (χ2v) is 7.33. The van der Waals surface area contributed by atoms with Crippen molar-refractivity contribution in [3.63, 3.8) is 0 Å². The van der Waals surface area contributed by atoms with E-state index >= 15 is 0 Å². The fourth-order valence-electron chi connectivity index (χ4n) is 3.42. The topological polar surface area (TPSA) is 134 Å².